The SMILES string of the molecule is CCCC(NC(=O)C(C)NC(=O)C(CC(C)C)NC(=O)C1CCCN1C(=O)C(CCCCN)NC(=O)C1CCCN1C(=O)C(CCCN=C(N)N)NC(=O)CCCCCNc1ccc([N+](=O)[O-])c2nonc12)C(=O)NC(Cc1c[nH]c2ccccc12)C(=O)NC(CCCCNC(=O)Cc1cc(=O)oc2cc(N(C)C)ccc12)C(N)=O. The number of aromatic amines is 1. The van der Waals surface area contributed by atoms with Gasteiger partial charge in [0, 0.05) is 106 Å². The Morgan fingerprint density at radius 1 is 0.652 bits per heavy atom. The van der Waals surface area contributed by atoms with Gasteiger partial charge in [0.05, 0.1) is 17.0 Å². The lowest BCUT2D eigenvalue weighted by molar-refractivity contribution is -0.383. The number of fused-ring (bicyclic) bond motifs is 3. The number of likely N-dealkylation sites (tertiary alicyclic amines) is 2. The molecule has 9 unspecified atom stereocenters. The van der Waals surface area contributed by atoms with Gasteiger partial charge in [-0.25, -0.2) is 9.42 Å². The second-order valence-electron chi connectivity index (χ2n) is 29.9. The number of nitro groups is 1. The third-order valence-electron chi connectivity index (χ3n) is 20.4. The van der Waals surface area contributed by atoms with Crippen LogP contribution in [0, 0.1) is 16.0 Å². The van der Waals surface area contributed by atoms with Gasteiger partial charge in [0.2, 0.25) is 70.5 Å². The Hall–Kier alpha value is -11.8. The van der Waals surface area contributed by atoms with Crippen molar-refractivity contribution in [2.24, 2.45) is 33.8 Å². The van der Waals surface area contributed by atoms with Crippen LogP contribution < -0.4 is 81.3 Å². The zero-order chi connectivity index (χ0) is 83.4. The van der Waals surface area contributed by atoms with Crippen molar-refractivity contribution in [1.29, 1.82) is 0 Å². The van der Waals surface area contributed by atoms with Gasteiger partial charge >= 0.3 is 11.3 Å². The van der Waals surface area contributed by atoms with E-state index in [0.29, 0.717) is 105 Å². The van der Waals surface area contributed by atoms with Crippen molar-refractivity contribution in [3.8, 4) is 0 Å². The minimum atomic E-state index is -1.32. The first kappa shape index (κ1) is 88.8. The normalized spacial score (nSPS) is 15.8. The number of carbonyl (C=O) groups is 11. The van der Waals surface area contributed by atoms with E-state index in [1.54, 1.807) is 25.3 Å². The standard InChI is InChI=1S/C78H111N21O16/c1-7-20-55(71(105)92-59(40-48-44-86-52-22-11-10-21-50(48)52)73(107)89-54(69(80)103)23-13-16-35-84-65(101)41-47-42-66(102)114-63-43-49(96(5)6)29-30-51(47)63)90-70(104)46(4)87-72(106)58(39-45(2)3)93-75(109)62-27-19-38-98(62)77(111)57(24-12-14-33-79)91-74(108)61-26-18-37-97(61)76(110)56(25-17-36-85-78(81)82)88-64(100)28-9-8-15-34-83-53-31-32-60(99(112)113)68-67(53)94-115-95-68/h10-11,21-22,29-32,42-46,54-59,61-62,83,86H,7-9,12-20,23-28,33-41,79H2,1-6H3,(H2,80,103)(H,84,101)(H,87,106)(H,88,100)(H,89,107)(H,90,104)(H,91,108)(H,92,105)(H,93,109)(H4,81,82,85). The molecule has 0 spiro atoms. The Labute approximate surface area is 665 Å². The fourth-order valence-corrected chi connectivity index (χ4v) is 14.4. The first-order valence-electron chi connectivity index (χ1n) is 39.5. The number of nitrogens with two attached hydrogens (primary N) is 4. The molecular formula is C78H111N21O16. The number of primary amides is 1. The summed E-state index contributed by atoms with van der Waals surface area (Å²) in [6.45, 7) is 8.25. The largest absolute Gasteiger partial charge is 0.423 e. The number of hydrogen-bond acceptors (Lipinski definition) is 22. The molecule has 2 aliphatic rings. The maximum atomic E-state index is 14.9. The van der Waals surface area contributed by atoms with Crippen LogP contribution in [0.5, 0.6) is 0 Å². The van der Waals surface area contributed by atoms with Gasteiger partial charge in [-0.15, -0.1) is 0 Å². The molecule has 0 bridgehead atoms. The number of rotatable bonds is 46. The first-order chi connectivity index (χ1) is 55.0. The summed E-state index contributed by atoms with van der Waals surface area (Å²) in [4.78, 5) is 191. The van der Waals surface area contributed by atoms with E-state index >= 15 is 0 Å². The number of nitro benzene ring substituents is 1. The third kappa shape index (κ3) is 25.6. The van der Waals surface area contributed by atoms with Crippen LogP contribution in [-0.4, -0.2) is 209 Å². The van der Waals surface area contributed by atoms with Crippen LogP contribution in [0.2, 0.25) is 0 Å². The van der Waals surface area contributed by atoms with Crippen LogP contribution >= 0.6 is 0 Å². The maximum Gasteiger partial charge on any atom is 0.336 e. The second kappa shape index (κ2) is 43.5. The lowest BCUT2D eigenvalue weighted by Gasteiger charge is -2.32. The third-order valence-corrected chi connectivity index (χ3v) is 20.4. The summed E-state index contributed by atoms with van der Waals surface area (Å²) in [7, 11) is 3.70. The number of nitrogens with zero attached hydrogens (tertiary/aromatic N) is 7. The summed E-state index contributed by atoms with van der Waals surface area (Å²) in [5.74, 6) is -7.25. The van der Waals surface area contributed by atoms with Gasteiger partial charge in [-0.2, -0.15) is 0 Å². The molecule has 3 aromatic carbocycles. The number of carbonyl (C=O) groups excluding carboxylic acids is 11. The zero-order valence-electron chi connectivity index (χ0n) is 66.2. The summed E-state index contributed by atoms with van der Waals surface area (Å²) in [6.07, 6.45) is 7.38. The fraction of sp³-hybridized carbons (Fsp3) is 0.551. The van der Waals surface area contributed by atoms with Crippen LogP contribution in [0.4, 0.5) is 17.1 Å². The Balaban J connectivity index is 0.853. The number of aromatic nitrogens is 3. The number of amides is 11. The number of benzene rings is 3. The van der Waals surface area contributed by atoms with Crippen molar-refractivity contribution in [2.45, 2.75) is 217 Å². The number of guanidine groups is 1. The number of hydrogen-bond donors (Lipinski definition) is 14. The highest BCUT2D eigenvalue weighted by Crippen LogP contribution is 2.30. The van der Waals surface area contributed by atoms with E-state index < -0.39 is 124 Å². The molecule has 2 saturated heterocycles. The van der Waals surface area contributed by atoms with Crippen LogP contribution in [-0.2, 0) is 65.6 Å². The monoisotopic (exact) mass is 1600 g/mol. The van der Waals surface area contributed by atoms with E-state index in [-0.39, 0.29) is 131 Å². The van der Waals surface area contributed by atoms with Gasteiger partial charge in [0.25, 0.3) is 0 Å². The average Bonchev–Trinajstić information content (AvgIpc) is 1.80. The number of anilines is 2. The molecule has 115 heavy (non-hydrogen) atoms. The minimum absolute atomic E-state index is 0.00883. The van der Waals surface area contributed by atoms with Crippen molar-refractivity contribution >= 4 is 121 Å². The van der Waals surface area contributed by atoms with Gasteiger partial charge in [-0.1, -0.05) is 51.8 Å². The highest BCUT2D eigenvalue weighted by Gasteiger charge is 2.43. The van der Waals surface area contributed by atoms with Gasteiger partial charge in [0.15, 0.2) is 11.5 Å². The molecule has 9 atom stereocenters. The lowest BCUT2D eigenvalue weighted by atomic mass is 10.0. The highest BCUT2D eigenvalue weighted by molar-refractivity contribution is 6.00. The van der Waals surface area contributed by atoms with Gasteiger partial charge < -0.3 is 94.9 Å². The zero-order valence-corrected chi connectivity index (χ0v) is 66.2. The quantitative estimate of drug-likeness (QED) is 0.00651. The van der Waals surface area contributed by atoms with E-state index in [1.807, 2.05) is 63.2 Å². The molecule has 37 heteroatoms. The molecular weight excluding hydrogens is 1490 g/mol. The summed E-state index contributed by atoms with van der Waals surface area (Å²) < 4.78 is 10.2. The first-order valence-corrected chi connectivity index (χ1v) is 39.5. The molecule has 11 amide bonds. The topological polar surface area (TPSA) is 550 Å². The summed E-state index contributed by atoms with van der Waals surface area (Å²) in [6, 6.07) is 6.19. The van der Waals surface area contributed by atoms with Crippen molar-refractivity contribution in [1.82, 2.24) is 67.6 Å². The molecule has 2 aliphatic heterocycles. The molecule has 6 aromatic rings. The molecule has 2 fully saturated rings. The minimum Gasteiger partial charge on any atom is -0.423 e. The number of non-ortho nitro benzene ring substituents is 1. The predicted molar refractivity (Wildman–Crippen MR) is 430 cm³/mol. The fourth-order valence-electron chi connectivity index (χ4n) is 14.4. The number of unbranched alkanes of at least 4 members (excludes halogenated alkanes) is 4. The van der Waals surface area contributed by atoms with E-state index in [2.05, 4.69) is 68.1 Å². The number of H-pyrrole nitrogens is 1. The average molecular weight is 1600 g/mol. The molecule has 18 N–H and O–H groups in total. The molecule has 5 heterocycles. The maximum absolute atomic E-state index is 14.9. The Morgan fingerprint density at radius 2 is 1.28 bits per heavy atom. The van der Waals surface area contributed by atoms with Gasteiger partial charge in [0.1, 0.15) is 60.0 Å². The van der Waals surface area contributed by atoms with E-state index in [9.17, 15) is 67.6 Å². The molecule has 37 nitrogen and oxygen atoms in total. The Kier molecular flexibility index (Phi) is 33.5. The molecule has 0 radical (unpaired) electrons. The van der Waals surface area contributed by atoms with Crippen molar-refractivity contribution < 1.29 is 66.7 Å². The number of nitrogens with one attached hydrogen (secondary N) is 10. The van der Waals surface area contributed by atoms with E-state index in [4.69, 9.17) is 32.0 Å². The molecule has 0 aliphatic carbocycles. The smallest absolute Gasteiger partial charge is 0.336 e. The lowest BCUT2D eigenvalue weighted by Crippen LogP contribution is -2.60. The summed E-state index contributed by atoms with van der Waals surface area (Å²) >= 11 is 0. The van der Waals surface area contributed by atoms with Crippen LogP contribution in [0.1, 0.15) is 161 Å². The van der Waals surface area contributed by atoms with Crippen molar-refractivity contribution in [3.63, 3.8) is 0 Å². The predicted octanol–water partition coefficient (Wildman–Crippen LogP) is 2.44. The van der Waals surface area contributed by atoms with Crippen LogP contribution in [0.25, 0.3) is 32.9 Å². The van der Waals surface area contributed by atoms with E-state index in [0.717, 1.165) is 16.6 Å². The van der Waals surface area contributed by atoms with Gasteiger partial charge in [-0.05, 0) is 168 Å². The Bertz CT molecular complexity index is 4500. The molecule has 3 aromatic heterocycles. The second-order valence-corrected chi connectivity index (χ2v) is 29.9. The summed E-state index contributed by atoms with van der Waals surface area (Å²) in [5, 5.41) is 45.8. The summed E-state index contributed by atoms with van der Waals surface area (Å²) in [5.41, 5.74) is 25.8. The molecule has 8 rings (SSSR count). The van der Waals surface area contributed by atoms with Crippen LogP contribution in [0.3, 0.4) is 0 Å². The van der Waals surface area contributed by atoms with Crippen LogP contribution in [0.15, 0.2) is 85.7 Å². The Morgan fingerprint density at radius 3 is 1.95 bits per heavy atom. The highest BCUT2D eigenvalue weighted by atomic mass is 16.6. The molecule has 0 saturated carbocycles. The number of aliphatic imine (C=N–C) groups is 1. The van der Waals surface area contributed by atoms with E-state index in [1.165, 1.54) is 34.9 Å². The molecule has 624 valence electrons. The number of para-hydroxylation sites is 1. The van der Waals surface area contributed by atoms with Crippen molar-refractivity contribution in [3.05, 3.63) is 98.5 Å². The van der Waals surface area contributed by atoms with Gasteiger partial charge in [-0.3, -0.25) is 67.8 Å². The van der Waals surface area contributed by atoms with Crippen molar-refractivity contribution in [2.75, 3.05) is 63.6 Å².